The van der Waals surface area contributed by atoms with Gasteiger partial charge in [-0.1, -0.05) is 20.3 Å². The minimum atomic E-state index is -0.373. The van der Waals surface area contributed by atoms with E-state index in [2.05, 4.69) is 10.6 Å². The maximum atomic E-state index is 12.8. The molecule has 1 aromatic carbocycles. The van der Waals surface area contributed by atoms with Gasteiger partial charge < -0.3 is 10.6 Å². The SMILES string of the molecule is CC(C)(C(=O)NCCNC(=O)c1ccc(F)cc1)C1CCC1. The van der Waals surface area contributed by atoms with Crippen molar-refractivity contribution in [3.63, 3.8) is 0 Å². The van der Waals surface area contributed by atoms with Crippen molar-refractivity contribution in [3.8, 4) is 0 Å². The molecule has 0 saturated heterocycles. The van der Waals surface area contributed by atoms with E-state index in [1.165, 1.54) is 30.7 Å². The van der Waals surface area contributed by atoms with Gasteiger partial charge in [0.05, 0.1) is 0 Å². The van der Waals surface area contributed by atoms with Gasteiger partial charge in [-0.05, 0) is 43.0 Å². The highest BCUT2D eigenvalue weighted by molar-refractivity contribution is 5.94. The fourth-order valence-electron chi connectivity index (χ4n) is 2.60. The summed E-state index contributed by atoms with van der Waals surface area (Å²) in [6.07, 6.45) is 3.43. The van der Waals surface area contributed by atoms with Gasteiger partial charge in [-0.15, -0.1) is 0 Å². The molecule has 0 aliphatic heterocycles. The van der Waals surface area contributed by atoms with Crippen LogP contribution in [0.15, 0.2) is 24.3 Å². The molecule has 0 unspecified atom stereocenters. The first-order chi connectivity index (χ1) is 10.4. The molecule has 2 rings (SSSR count). The highest BCUT2D eigenvalue weighted by atomic mass is 19.1. The molecule has 5 heteroatoms. The fourth-order valence-corrected chi connectivity index (χ4v) is 2.60. The highest BCUT2D eigenvalue weighted by Crippen LogP contribution is 2.41. The summed E-state index contributed by atoms with van der Waals surface area (Å²) in [6.45, 7) is 4.69. The first-order valence-corrected chi connectivity index (χ1v) is 7.73. The molecule has 120 valence electrons. The summed E-state index contributed by atoms with van der Waals surface area (Å²) >= 11 is 0. The Morgan fingerprint density at radius 1 is 1.14 bits per heavy atom. The molecule has 0 radical (unpaired) electrons. The normalized spacial score (nSPS) is 15.0. The molecule has 1 aliphatic carbocycles. The number of halogens is 1. The largest absolute Gasteiger partial charge is 0.354 e. The van der Waals surface area contributed by atoms with E-state index in [-0.39, 0.29) is 23.0 Å². The second kappa shape index (κ2) is 6.90. The standard InChI is InChI=1S/C17H23FN2O2/c1-17(2,13-4-3-5-13)16(22)20-11-10-19-15(21)12-6-8-14(18)9-7-12/h6-9,13H,3-5,10-11H2,1-2H3,(H,19,21)(H,20,22). The predicted octanol–water partition coefficient (Wildman–Crippen LogP) is 2.50. The zero-order valence-corrected chi connectivity index (χ0v) is 13.1. The predicted molar refractivity (Wildman–Crippen MR) is 82.9 cm³/mol. The Morgan fingerprint density at radius 2 is 1.73 bits per heavy atom. The zero-order chi connectivity index (χ0) is 16.2. The van der Waals surface area contributed by atoms with Crippen LogP contribution in [0.25, 0.3) is 0 Å². The third kappa shape index (κ3) is 3.84. The maximum Gasteiger partial charge on any atom is 0.251 e. The van der Waals surface area contributed by atoms with Gasteiger partial charge in [0.25, 0.3) is 5.91 Å². The van der Waals surface area contributed by atoms with E-state index in [1.54, 1.807) is 0 Å². The lowest BCUT2D eigenvalue weighted by Crippen LogP contribution is -2.46. The van der Waals surface area contributed by atoms with Crippen molar-refractivity contribution in [1.82, 2.24) is 10.6 Å². The van der Waals surface area contributed by atoms with E-state index in [4.69, 9.17) is 0 Å². The first kappa shape index (κ1) is 16.5. The first-order valence-electron chi connectivity index (χ1n) is 7.73. The Kier molecular flexibility index (Phi) is 5.16. The number of hydrogen-bond donors (Lipinski definition) is 2. The van der Waals surface area contributed by atoms with Crippen molar-refractivity contribution in [2.24, 2.45) is 11.3 Å². The van der Waals surface area contributed by atoms with Gasteiger partial charge in [0.1, 0.15) is 5.82 Å². The Labute approximate surface area is 130 Å². The number of carbonyl (C=O) groups is 2. The Morgan fingerprint density at radius 3 is 2.27 bits per heavy atom. The summed E-state index contributed by atoms with van der Waals surface area (Å²) in [5.74, 6) is -0.149. The minimum Gasteiger partial charge on any atom is -0.354 e. The van der Waals surface area contributed by atoms with Crippen LogP contribution < -0.4 is 10.6 Å². The van der Waals surface area contributed by atoms with Crippen LogP contribution in [0.1, 0.15) is 43.5 Å². The van der Waals surface area contributed by atoms with Gasteiger partial charge in [-0.25, -0.2) is 4.39 Å². The lowest BCUT2D eigenvalue weighted by Gasteiger charge is -2.39. The molecule has 1 aromatic rings. The number of hydrogen-bond acceptors (Lipinski definition) is 2. The Bertz CT molecular complexity index is 536. The van der Waals surface area contributed by atoms with Crippen molar-refractivity contribution in [2.45, 2.75) is 33.1 Å². The van der Waals surface area contributed by atoms with Crippen molar-refractivity contribution >= 4 is 11.8 Å². The van der Waals surface area contributed by atoms with Crippen LogP contribution in [0.4, 0.5) is 4.39 Å². The Balaban J connectivity index is 1.71. The van der Waals surface area contributed by atoms with E-state index >= 15 is 0 Å². The average molecular weight is 306 g/mol. The second-order valence-electron chi connectivity index (χ2n) is 6.37. The molecule has 0 bridgehead atoms. The van der Waals surface area contributed by atoms with E-state index in [0.717, 1.165) is 12.8 Å². The molecule has 0 heterocycles. The van der Waals surface area contributed by atoms with Crippen molar-refractivity contribution in [3.05, 3.63) is 35.6 Å². The molecule has 1 fully saturated rings. The van der Waals surface area contributed by atoms with E-state index < -0.39 is 0 Å². The van der Waals surface area contributed by atoms with Gasteiger partial charge >= 0.3 is 0 Å². The molecular formula is C17H23FN2O2. The summed E-state index contributed by atoms with van der Waals surface area (Å²) in [7, 11) is 0. The van der Waals surface area contributed by atoms with Crippen LogP contribution in [0, 0.1) is 17.2 Å². The van der Waals surface area contributed by atoms with Gasteiger partial charge in [0.2, 0.25) is 5.91 Å². The van der Waals surface area contributed by atoms with Crippen LogP contribution in [0.3, 0.4) is 0 Å². The molecule has 1 saturated carbocycles. The van der Waals surface area contributed by atoms with Crippen molar-refractivity contribution in [1.29, 1.82) is 0 Å². The third-order valence-corrected chi connectivity index (χ3v) is 4.51. The lowest BCUT2D eigenvalue weighted by molar-refractivity contribution is -0.133. The number of carbonyl (C=O) groups excluding carboxylic acids is 2. The summed E-state index contributed by atoms with van der Waals surface area (Å²) in [6, 6.07) is 5.36. The molecule has 1 aliphatic rings. The summed E-state index contributed by atoms with van der Waals surface area (Å²) in [5, 5.41) is 5.58. The molecule has 22 heavy (non-hydrogen) atoms. The average Bonchev–Trinajstić information content (AvgIpc) is 2.41. The second-order valence-corrected chi connectivity index (χ2v) is 6.37. The van der Waals surface area contributed by atoms with Crippen LogP contribution in [-0.2, 0) is 4.79 Å². The molecule has 0 spiro atoms. The fraction of sp³-hybridized carbons (Fsp3) is 0.529. The minimum absolute atomic E-state index is 0.0354. The van der Waals surface area contributed by atoms with E-state index in [1.807, 2.05) is 13.8 Å². The topological polar surface area (TPSA) is 58.2 Å². The molecular weight excluding hydrogens is 283 g/mol. The summed E-state index contributed by atoms with van der Waals surface area (Å²) < 4.78 is 12.8. The summed E-state index contributed by atoms with van der Waals surface area (Å²) in [5.41, 5.74) is 0.0571. The van der Waals surface area contributed by atoms with E-state index in [0.29, 0.717) is 24.6 Å². The summed E-state index contributed by atoms with van der Waals surface area (Å²) in [4.78, 5) is 24.0. The van der Waals surface area contributed by atoms with Crippen LogP contribution in [-0.4, -0.2) is 24.9 Å². The van der Waals surface area contributed by atoms with E-state index in [9.17, 15) is 14.0 Å². The monoisotopic (exact) mass is 306 g/mol. The number of nitrogens with one attached hydrogen (secondary N) is 2. The van der Waals surface area contributed by atoms with Gasteiger partial charge in [-0.3, -0.25) is 9.59 Å². The molecule has 2 amide bonds. The highest BCUT2D eigenvalue weighted by Gasteiger charge is 2.39. The van der Waals surface area contributed by atoms with Crippen molar-refractivity contribution in [2.75, 3.05) is 13.1 Å². The third-order valence-electron chi connectivity index (χ3n) is 4.51. The zero-order valence-electron chi connectivity index (χ0n) is 13.1. The molecule has 0 aromatic heterocycles. The van der Waals surface area contributed by atoms with Gasteiger partial charge in [0.15, 0.2) is 0 Å². The van der Waals surface area contributed by atoms with Gasteiger partial charge in [-0.2, -0.15) is 0 Å². The molecule has 0 atom stereocenters. The Hall–Kier alpha value is -1.91. The number of rotatable bonds is 6. The van der Waals surface area contributed by atoms with Gasteiger partial charge in [0, 0.05) is 24.1 Å². The quantitative estimate of drug-likeness (QED) is 0.793. The lowest BCUT2D eigenvalue weighted by atomic mass is 9.67. The van der Waals surface area contributed by atoms with Crippen LogP contribution in [0.2, 0.25) is 0 Å². The number of benzene rings is 1. The molecule has 4 nitrogen and oxygen atoms in total. The molecule has 2 N–H and O–H groups in total. The smallest absolute Gasteiger partial charge is 0.251 e. The van der Waals surface area contributed by atoms with Crippen molar-refractivity contribution < 1.29 is 14.0 Å². The number of amides is 2. The van der Waals surface area contributed by atoms with Crippen LogP contribution >= 0.6 is 0 Å². The van der Waals surface area contributed by atoms with Crippen LogP contribution in [0.5, 0.6) is 0 Å². The maximum absolute atomic E-state index is 12.8.